The van der Waals surface area contributed by atoms with Gasteiger partial charge in [-0.2, -0.15) is 0 Å². The Bertz CT molecular complexity index is 554. The number of nitrogens with two attached hydrogens (primary N) is 4. The van der Waals surface area contributed by atoms with E-state index in [0.29, 0.717) is 0 Å². The Labute approximate surface area is 185 Å². The Morgan fingerprint density at radius 3 is 1.25 bits per heavy atom. The first-order chi connectivity index (χ1) is 15.1. The highest BCUT2D eigenvalue weighted by Crippen LogP contribution is 2.30. The summed E-state index contributed by atoms with van der Waals surface area (Å²) >= 11 is 0. The van der Waals surface area contributed by atoms with Crippen LogP contribution in [0, 0.1) is 0 Å². The van der Waals surface area contributed by atoms with E-state index in [4.69, 9.17) is 41.9 Å². The lowest BCUT2D eigenvalue weighted by atomic mass is 9.86. The molecule has 0 aromatic carbocycles. The number of aliphatic hydroxyl groups excluding tert-OH is 6. The molecular formula is C18H36N4O10. The van der Waals surface area contributed by atoms with Crippen LogP contribution in [0.5, 0.6) is 0 Å². The molecule has 1 saturated carbocycles. The van der Waals surface area contributed by atoms with Crippen molar-refractivity contribution >= 4 is 0 Å². The maximum absolute atomic E-state index is 10.2. The molecule has 0 aromatic rings. The predicted molar refractivity (Wildman–Crippen MR) is 106 cm³/mol. The molecule has 14 heteroatoms. The third kappa shape index (κ3) is 5.24. The lowest BCUT2D eigenvalue weighted by Gasteiger charge is -2.46. The van der Waals surface area contributed by atoms with Crippen molar-refractivity contribution in [1.29, 1.82) is 0 Å². The fourth-order valence-corrected chi connectivity index (χ4v) is 4.29. The van der Waals surface area contributed by atoms with E-state index < -0.39 is 85.7 Å². The van der Waals surface area contributed by atoms with Gasteiger partial charge in [-0.1, -0.05) is 0 Å². The smallest absolute Gasteiger partial charge is 0.186 e. The average molecular weight is 469 g/mol. The first kappa shape index (κ1) is 26.1. The summed E-state index contributed by atoms with van der Waals surface area (Å²) in [5.74, 6) is 0. The zero-order chi connectivity index (χ0) is 23.7. The molecule has 0 radical (unpaired) electrons. The molecule has 2 aliphatic heterocycles. The summed E-state index contributed by atoms with van der Waals surface area (Å²) in [4.78, 5) is 0. The van der Waals surface area contributed by atoms with Gasteiger partial charge in [0.05, 0.1) is 12.2 Å². The van der Waals surface area contributed by atoms with Crippen molar-refractivity contribution in [2.24, 2.45) is 22.9 Å². The van der Waals surface area contributed by atoms with Crippen LogP contribution in [0.2, 0.25) is 0 Å². The van der Waals surface area contributed by atoms with Crippen molar-refractivity contribution in [3.63, 3.8) is 0 Å². The number of ether oxygens (including phenoxy) is 4. The lowest BCUT2D eigenvalue weighted by Crippen LogP contribution is -2.64. The highest BCUT2D eigenvalue weighted by Gasteiger charge is 2.48. The monoisotopic (exact) mass is 468 g/mol. The van der Waals surface area contributed by atoms with Crippen molar-refractivity contribution in [2.45, 2.75) is 98.5 Å². The highest BCUT2D eigenvalue weighted by atomic mass is 16.7. The molecule has 3 fully saturated rings. The van der Waals surface area contributed by atoms with Gasteiger partial charge in [0.25, 0.3) is 0 Å². The van der Waals surface area contributed by atoms with Gasteiger partial charge < -0.3 is 72.5 Å². The van der Waals surface area contributed by atoms with E-state index in [0.717, 1.165) is 0 Å². The molecule has 14 nitrogen and oxygen atoms in total. The van der Waals surface area contributed by atoms with Crippen LogP contribution < -0.4 is 22.9 Å². The predicted octanol–water partition coefficient (Wildman–Crippen LogP) is -6.26. The third-order valence-corrected chi connectivity index (χ3v) is 6.38. The molecule has 3 aliphatic rings. The Balaban J connectivity index is 1.59. The second-order valence-electron chi connectivity index (χ2n) is 8.65. The van der Waals surface area contributed by atoms with Crippen LogP contribution in [-0.2, 0) is 18.9 Å². The Kier molecular flexibility index (Phi) is 8.79. The van der Waals surface area contributed by atoms with Gasteiger partial charge in [-0.25, -0.2) is 0 Å². The van der Waals surface area contributed by atoms with Crippen molar-refractivity contribution < 1.29 is 49.6 Å². The Morgan fingerprint density at radius 1 is 0.594 bits per heavy atom. The number of aliphatic hydroxyl groups is 6. The van der Waals surface area contributed by atoms with E-state index in [2.05, 4.69) is 0 Å². The van der Waals surface area contributed by atoms with Crippen LogP contribution in [0.25, 0.3) is 0 Å². The highest BCUT2D eigenvalue weighted by molar-refractivity contribution is 4.96. The summed E-state index contributed by atoms with van der Waals surface area (Å²) in [5.41, 5.74) is 23.5. The van der Waals surface area contributed by atoms with Crippen LogP contribution in [0.15, 0.2) is 0 Å². The maximum atomic E-state index is 10.2. The van der Waals surface area contributed by atoms with E-state index in [1.54, 1.807) is 0 Å². The summed E-state index contributed by atoms with van der Waals surface area (Å²) in [7, 11) is 0. The molecular weight excluding hydrogens is 432 g/mol. The molecule has 188 valence electrons. The molecule has 0 aromatic heterocycles. The fraction of sp³-hybridized carbons (Fsp3) is 1.00. The quantitative estimate of drug-likeness (QED) is 0.174. The lowest BCUT2D eigenvalue weighted by molar-refractivity contribution is -0.319. The van der Waals surface area contributed by atoms with Crippen LogP contribution in [0.4, 0.5) is 0 Å². The molecule has 0 unspecified atom stereocenters. The summed E-state index contributed by atoms with van der Waals surface area (Å²) in [6, 6.07) is -1.25. The molecule has 14 N–H and O–H groups in total. The molecule has 0 spiro atoms. The van der Waals surface area contributed by atoms with E-state index in [9.17, 15) is 30.6 Å². The van der Waals surface area contributed by atoms with Crippen LogP contribution in [-0.4, -0.2) is 129 Å². The van der Waals surface area contributed by atoms with Gasteiger partial charge in [0.2, 0.25) is 0 Å². The minimum absolute atomic E-state index is 0.0922. The van der Waals surface area contributed by atoms with Crippen molar-refractivity contribution in [3.05, 3.63) is 0 Å². The van der Waals surface area contributed by atoms with Crippen LogP contribution >= 0.6 is 0 Å². The molecule has 1 aliphatic carbocycles. The van der Waals surface area contributed by atoms with Gasteiger partial charge in [-0.3, -0.25) is 0 Å². The SMILES string of the molecule is NC[C@@H]1O[C@H](O[C@@H]2C[C@@H](N)[C@H](O[C@H]3O[C@H](CN)[C@@H](O)[C@H](O)[C@H]3O)C[C@H]2N)[C@@H](O)[C@H](O)[C@H]1O. The van der Waals surface area contributed by atoms with E-state index >= 15 is 0 Å². The first-order valence-corrected chi connectivity index (χ1v) is 10.7. The van der Waals surface area contributed by atoms with Crippen molar-refractivity contribution in [3.8, 4) is 0 Å². The van der Waals surface area contributed by atoms with Crippen molar-refractivity contribution in [1.82, 2.24) is 0 Å². The molecule has 3 rings (SSSR count). The van der Waals surface area contributed by atoms with Gasteiger partial charge in [0.15, 0.2) is 12.6 Å². The number of hydrogen-bond donors (Lipinski definition) is 10. The van der Waals surface area contributed by atoms with Gasteiger partial charge in [-0.15, -0.1) is 0 Å². The molecule has 2 saturated heterocycles. The molecule has 32 heavy (non-hydrogen) atoms. The van der Waals surface area contributed by atoms with Crippen molar-refractivity contribution in [2.75, 3.05) is 13.1 Å². The molecule has 2 heterocycles. The molecule has 0 amide bonds. The standard InChI is InChI=1S/C18H36N4O10/c19-3-9-11(23)13(25)15(27)17(31-9)29-7-1-5(21)8(2-6(7)22)30-18-16(28)14(26)12(24)10(4-20)32-18/h5-18,23-28H,1-4,19-22H2/t5-,6-,7-,8-,9-,10+,11-,12+,13+,14-,15-,16+,17+,18+/m1/s1. The van der Waals surface area contributed by atoms with Gasteiger partial charge in [0.1, 0.15) is 48.8 Å². The van der Waals surface area contributed by atoms with Gasteiger partial charge in [0, 0.05) is 25.2 Å². The zero-order valence-electron chi connectivity index (χ0n) is 17.5. The van der Waals surface area contributed by atoms with Gasteiger partial charge in [-0.05, 0) is 12.8 Å². The maximum Gasteiger partial charge on any atom is 0.186 e. The topological polar surface area (TPSA) is 262 Å². The van der Waals surface area contributed by atoms with E-state index in [-0.39, 0.29) is 25.9 Å². The summed E-state index contributed by atoms with van der Waals surface area (Å²) in [6.45, 7) is -0.184. The largest absolute Gasteiger partial charge is 0.388 e. The average Bonchev–Trinajstić information content (AvgIpc) is 2.77. The number of rotatable bonds is 6. The summed E-state index contributed by atoms with van der Waals surface area (Å²) in [6.07, 6.45) is -14.1. The molecule has 14 atom stereocenters. The normalized spacial score (nSPS) is 52.7. The van der Waals surface area contributed by atoms with Gasteiger partial charge >= 0.3 is 0 Å². The first-order valence-electron chi connectivity index (χ1n) is 10.7. The minimum atomic E-state index is -1.52. The number of hydrogen-bond acceptors (Lipinski definition) is 14. The second kappa shape index (κ2) is 10.8. The second-order valence-corrected chi connectivity index (χ2v) is 8.65. The Hall–Kier alpha value is -0.560. The van der Waals surface area contributed by atoms with Crippen LogP contribution in [0.1, 0.15) is 12.8 Å². The third-order valence-electron chi connectivity index (χ3n) is 6.38. The van der Waals surface area contributed by atoms with E-state index in [1.807, 2.05) is 0 Å². The minimum Gasteiger partial charge on any atom is -0.388 e. The fourth-order valence-electron chi connectivity index (χ4n) is 4.29. The zero-order valence-corrected chi connectivity index (χ0v) is 17.5. The van der Waals surface area contributed by atoms with E-state index in [1.165, 1.54) is 0 Å². The summed E-state index contributed by atoms with van der Waals surface area (Å²) in [5, 5.41) is 60.2. The Morgan fingerprint density at radius 2 is 0.938 bits per heavy atom. The molecule has 0 bridgehead atoms. The van der Waals surface area contributed by atoms with Crippen LogP contribution in [0.3, 0.4) is 0 Å². The summed E-state index contributed by atoms with van der Waals surface area (Å²) < 4.78 is 22.5.